The number of pyridine rings is 1. The molecule has 0 aliphatic heterocycles. The van der Waals surface area contributed by atoms with Gasteiger partial charge in [0, 0.05) is 39.9 Å². The van der Waals surface area contributed by atoms with Gasteiger partial charge in [0.2, 0.25) is 0 Å². The first-order valence-corrected chi connectivity index (χ1v) is 20.3. The van der Waals surface area contributed by atoms with Gasteiger partial charge in [0.1, 0.15) is 5.82 Å². The molecule has 4 bridgehead atoms. The van der Waals surface area contributed by atoms with Crippen LogP contribution in [0.25, 0.3) is 44.4 Å². The maximum Gasteiger partial charge on any atom is 2.00 e. The summed E-state index contributed by atoms with van der Waals surface area (Å²) in [7, 11) is 0. The Balaban J connectivity index is 0.00000396. The van der Waals surface area contributed by atoms with Gasteiger partial charge in [-0.05, 0) is 123 Å². The van der Waals surface area contributed by atoms with E-state index in [0.29, 0.717) is 23.3 Å². The summed E-state index contributed by atoms with van der Waals surface area (Å²) < 4.78 is 10.8. The molecule has 12 rings (SSSR count). The first-order chi connectivity index (χ1) is 27.4. The quantitative estimate of drug-likeness (QED) is 0.150. The first kappa shape index (κ1) is 36.1. The molecule has 8 aromatic rings. The summed E-state index contributed by atoms with van der Waals surface area (Å²) in [4.78, 5) is 5.12. The van der Waals surface area contributed by atoms with Crippen molar-refractivity contribution in [2.45, 2.75) is 58.3 Å². The van der Waals surface area contributed by atoms with Gasteiger partial charge in [0.05, 0.1) is 5.69 Å². The molecular formula is C51H44N4OPt. The first-order valence-electron chi connectivity index (χ1n) is 20.3. The van der Waals surface area contributed by atoms with Gasteiger partial charge < -0.3 is 9.30 Å². The Kier molecular flexibility index (Phi) is 8.86. The second-order valence-electron chi connectivity index (χ2n) is 16.7. The van der Waals surface area contributed by atoms with Gasteiger partial charge in [-0.2, -0.15) is 17.2 Å². The summed E-state index contributed by atoms with van der Waals surface area (Å²) in [5.41, 5.74) is 11.4. The second-order valence-corrected chi connectivity index (χ2v) is 16.7. The number of hydrogen-bond acceptors (Lipinski definition) is 3. The van der Waals surface area contributed by atoms with Crippen LogP contribution in [0.1, 0.15) is 60.2 Å². The molecule has 0 spiro atoms. The van der Waals surface area contributed by atoms with Gasteiger partial charge in [-0.1, -0.05) is 83.9 Å². The zero-order chi connectivity index (χ0) is 37.5. The molecule has 4 fully saturated rings. The predicted octanol–water partition coefficient (Wildman–Crippen LogP) is 12.1. The molecule has 0 saturated heterocycles. The second kappa shape index (κ2) is 14.0. The number of fused-ring (bicyclic) bond motifs is 3. The van der Waals surface area contributed by atoms with Crippen molar-refractivity contribution in [2.75, 3.05) is 0 Å². The molecule has 6 heteroatoms. The van der Waals surface area contributed by atoms with E-state index in [1.54, 1.807) is 0 Å². The minimum absolute atomic E-state index is 0. The van der Waals surface area contributed by atoms with Gasteiger partial charge in [-0.3, -0.25) is 4.68 Å². The van der Waals surface area contributed by atoms with Crippen LogP contribution in [0, 0.1) is 56.6 Å². The molecule has 5 nitrogen and oxygen atoms in total. The van der Waals surface area contributed by atoms with E-state index < -0.39 is 0 Å². The van der Waals surface area contributed by atoms with Crippen LogP contribution in [0.2, 0.25) is 0 Å². The van der Waals surface area contributed by atoms with E-state index in [0.717, 1.165) is 62.3 Å². The third-order valence-corrected chi connectivity index (χ3v) is 13.5. The van der Waals surface area contributed by atoms with Gasteiger partial charge in [0.25, 0.3) is 0 Å². The van der Waals surface area contributed by atoms with Gasteiger partial charge in [0.15, 0.2) is 0 Å². The van der Waals surface area contributed by atoms with Crippen LogP contribution in [-0.2, 0) is 26.5 Å². The Bertz CT molecular complexity index is 2750. The molecule has 284 valence electrons. The molecule has 5 aromatic carbocycles. The monoisotopic (exact) mass is 923 g/mol. The molecular weight excluding hydrogens is 880 g/mol. The summed E-state index contributed by atoms with van der Waals surface area (Å²) in [5, 5.41) is 7.22. The van der Waals surface area contributed by atoms with Gasteiger partial charge in [-0.25, -0.2) is 4.98 Å². The summed E-state index contributed by atoms with van der Waals surface area (Å²) in [6.45, 7) is 6.37. The van der Waals surface area contributed by atoms with Crippen molar-refractivity contribution < 1.29 is 25.8 Å². The number of nitrogens with zero attached hydrogens (tertiary/aromatic N) is 4. The number of ether oxygens (including phenoxy) is 1. The number of para-hydroxylation sites is 1. The van der Waals surface area contributed by atoms with Crippen LogP contribution in [-0.4, -0.2) is 19.3 Å². The molecule has 0 atom stereocenters. The van der Waals surface area contributed by atoms with E-state index >= 15 is 0 Å². The minimum atomic E-state index is -0.0102. The Morgan fingerprint density at radius 1 is 0.667 bits per heavy atom. The summed E-state index contributed by atoms with van der Waals surface area (Å²) in [6, 6.07) is 50.6. The van der Waals surface area contributed by atoms with Crippen molar-refractivity contribution in [2.24, 2.45) is 23.7 Å². The smallest absolute Gasteiger partial charge is 0.509 e. The number of rotatable bonds is 7. The maximum absolute atomic E-state index is 6.58. The van der Waals surface area contributed by atoms with Crippen LogP contribution >= 0.6 is 0 Å². The van der Waals surface area contributed by atoms with Crippen LogP contribution < -0.4 is 4.74 Å². The third-order valence-electron chi connectivity index (χ3n) is 13.5. The number of hydrogen-bond donors (Lipinski definition) is 0. The van der Waals surface area contributed by atoms with E-state index in [4.69, 9.17) is 14.8 Å². The fourth-order valence-electron chi connectivity index (χ4n) is 11.5. The topological polar surface area (TPSA) is 44.9 Å². The normalized spacial score (nSPS) is 22.2. The Morgan fingerprint density at radius 2 is 1.39 bits per heavy atom. The summed E-state index contributed by atoms with van der Waals surface area (Å²) >= 11 is 0. The summed E-state index contributed by atoms with van der Waals surface area (Å²) in [6.07, 6.45) is 8.79. The minimum Gasteiger partial charge on any atom is -0.509 e. The Morgan fingerprint density at radius 3 is 2.16 bits per heavy atom. The van der Waals surface area contributed by atoms with Gasteiger partial charge >= 0.3 is 21.1 Å². The van der Waals surface area contributed by atoms with Crippen LogP contribution in [0.3, 0.4) is 0 Å². The number of aryl methyl sites for hydroxylation is 2. The molecule has 0 unspecified atom stereocenters. The van der Waals surface area contributed by atoms with Gasteiger partial charge in [-0.15, -0.1) is 35.7 Å². The van der Waals surface area contributed by atoms with Crippen molar-refractivity contribution in [3.63, 3.8) is 0 Å². The van der Waals surface area contributed by atoms with E-state index in [1.807, 2.05) is 35.0 Å². The number of aromatic nitrogens is 4. The average molecular weight is 924 g/mol. The van der Waals surface area contributed by atoms with E-state index in [2.05, 4.69) is 135 Å². The fourth-order valence-corrected chi connectivity index (χ4v) is 11.5. The third kappa shape index (κ3) is 5.76. The van der Waals surface area contributed by atoms with Crippen molar-refractivity contribution in [1.82, 2.24) is 19.3 Å². The molecule has 57 heavy (non-hydrogen) atoms. The fraction of sp³-hybridized carbons (Fsp3) is 0.255. The van der Waals surface area contributed by atoms with Crippen molar-refractivity contribution in [3.05, 3.63) is 168 Å². The van der Waals surface area contributed by atoms with Crippen LogP contribution in [0.15, 0.2) is 128 Å². The Hall–Kier alpha value is -5.25. The van der Waals surface area contributed by atoms with Crippen molar-refractivity contribution in [3.8, 4) is 34.1 Å². The SMILES string of the molecule is Cc1ccc(C2(c3ccnc(-n4c5[c-]c(Oc6[c-]c(-n7nc(C)c(-c8ccccc8)c7C)ccc6)ccc5c5ccccc54)c3)C3CC4CC(C3)CC2C4)cc1.[Pt+2]. The maximum atomic E-state index is 6.58. The Labute approximate surface area is 349 Å². The molecule has 4 aliphatic rings. The zero-order valence-electron chi connectivity index (χ0n) is 32.5. The zero-order valence-corrected chi connectivity index (χ0v) is 34.8. The molecule has 4 aliphatic carbocycles. The van der Waals surface area contributed by atoms with Crippen LogP contribution in [0.5, 0.6) is 11.5 Å². The van der Waals surface area contributed by atoms with E-state index in [-0.39, 0.29) is 26.5 Å². The molecule has 0 radical (unpaired) electrons. The van der Waals surface area contributed by atoms with Crippen molar-refractivity contribution >= 4 is 21.8 Å². The molecule has 0 amide bonds. The molecule has 3 aromatic heterocycles. The summed E-state index contributed by atoms with van der Waals surface area (Å²) in [5.74, 6) is 5.20. The molecule has 4 saturated carbocycles. The van der Waals surface area contributed by atoms with E-state index in [9.17, 15) is 0 Å². The number of benzene rings is 5. The van der Waals surface area contributed by atoms with Crippen molar-refractivity contribution in [1.29, 1.82) is 0 Å². The standard InChI is InChI=1S/C51H44N4O.Pt/c1-32-16-18-38(19-17-32)51(40-25-35-24-36(27-40)28-41(51)26-35)39-22-23-52-49(29-39)54-47-15-8-7-14-45(47)46-21-20-44(31-48(46)54)56-43-13-9-12-42(30-43)55-34(3)50(33(2)53-55)37-10-5-4-6-11-37;/h4-23,29,35-36,40-41H,24-28H2,1-3H3;/q-2;+2. The van der Waals surface area contributed by atoms with Crippen LogP contribution in [0.4, 0.5) is 0 Å². The largest absolute Gasteiger partial charge is 2.00 e. The molecule has 0 N–H and O–H groups in total. The van der Waals surface area contributed by atoms with E-state index in [1.165, 1.54) is 54.2 Å². The molecule has 3 heterocycles. The predicted molar refractivity (Wildman–Crippen MR) is 224 cm³/mol. The average Bonchev–Trinajstić information content (AvgIpc) is 3.71.